The van der Waals surface area contributed by atoms with Crippen LogP contribution in [0.5, 0.6) is 11.5 Å². The van der Waals surface area contributed by atoms with Crippen LogP contribution < -0.4 is 0 Å². The van der Waals surface area contributed by atoms with Crippen LogP contribution in [0.25, 0.3) is 6.08 Å². The first-order chi connectivity index (χ1) is 10.5. The number of rotatable bonds is 3. The molecular weight excluding hydrogens is 286 g/mol. The van der Waals surface area contributed by atoms with Gasteiger partial charge in [0.15, 0.2) is 5.60 Å². The lowest BCUT2D eigenvalue weighted by molar-refractivity contribution is -0.447. The zero-order valence-corrected chi connectivity index (χ0v) is 12.4. The van der Waals surface area contributed by atoms with Gasteiger partial charge in [0.1, 0.15) is 11.5 Å². The van der Waals surface area contributed by atoms with E-state index < -0.39 is 10.5 Å². The van der Waals surface area contributed by atoms with Gasteiger partial charge >= 0.3 is 0 Å². The van der Waals surface area contributed by atoms with E-state index in [2.05, 4.69) is 0 Å². The van der Waals surface area contributed by atoms with Crippen molar-refractivity contribution < 1.29 is 19.9 Å². The maximum atomic E-state index is 11.6. The molecule has 0 heterocycles. The molecule has 0 radical (unpaired) electrons. The molecule has 0 spiro atoms. The van der Waals surface area contributed by atoms with Crippen LogP contribution in [-0.4, -0.2) is 27.3 Å². The van der Waals surface area contributed by atoms with E-state index in [1.807, 2.05) is 6.92 Å². The molecule has 118 valence electrons. The summed E-state index contributed by atoms with van der Waals surface area (Å²) < 4.78 is 5.90. The molecule has 2 atom stereocenters. The highest BCUT2D eigenvalue weighted by atomic mass is 16.6. The van der Waals surface area contributed by atoms with Gasteiger partial charge in [-0.15, -0.1) is 0 Å². The molecule has 1 aromatic carbocycles. The highest BCUT2D eigenvalue weighted by Crippen LogP contribution is 2.55. The van der Waals surface area contributed by atoms with Crippen LogP contribution in [-0.2, 0) is 4.74 Å². The lowest BCUT2D eigenvalue weighted by Gasteiger charge is -2.44. The molecule has 1 fully saturated rings. The van der Waals surface area contributed by atoms with Gasteiger partial charge < -0.3 is 14.9 Å². The van der Waals surface area contributed by atoms with Gasteiger partial charge in [-0.3, -0.25) is 10.1 Å². The van der Waals surface area contributed by atoms with Crippen molar-refractivity contribution in [2.45, 2.75) is 44.1 Å². The number of nitrogens with zero attached hydrogens (tertiary/aromatic N) is 1. The van der Waals surface area contributed by atoms with Gasteiger partial charge in [-0.25, -0.2) is 0 Å². The van der Waals surface area contributed by atoms with Gasteiger partial charge in [0.05, 0.1) is 4.92 Å². The Balaban J connectivity index is 2.29. The van der Waals surface area contributed by atoms with Crippen molar-refractivity contribution in [1.82, 2.24) is 0 Å². The van der Waals surface area contributed by atoms with E-state index in [4.69, 9.17) is 4.74 Å². The first-order valence-electron chi connectivity index (χ1n) is 7.56. The first kappa shape index (κ1) is 14.8. The van der Waals surface area contributed by atoms with E-state index in [1.165, 1.54) is 18.2 Å². The fraction of sp³-hybridized carbons (Fsp3) is 0.500. The molecular formula is C16H19NO5. The van der Waals surface area contributed by atoms with Gasteiger partial charge in [0, 0.05) is 29.7 Å². The molecule has 2 aliphatic rings. The molecule has 22 heavy (non-hydrogen) atoms. The van der Waals surface area contributed by atoms with Crippen LogP contribution in [0, 0.1) is 10.1 Å². The molecule has 6 nitrogen and oxygen atoms in total. The third-order valence-electron chi connectivity index (χ3n) is 4.76. The number of benzene rings is 1. The second-order valence-electron chi connectivity index (χ2n) is 5.84. The van der Waals surface area contributed by atoms with E-state index in [1.54, 1.807) is 0 Å². The highest BCUT2D eigenvalue weighted by Gasteiger charge is 2.55. The molecule has 0 aliphatic heterocycles. The SMILES string of the molecule is CCO[C@@]12CCCC[C@@H]1c1c(O)ccc(O)c1C=C2[N+](=O)[O-]. The number of phenols is 2. The summed E-state index contributed by atoms with van der Waals surface area (Å²) in [6.07, 6.45) is 4.36. The number of nitro groups is 1. The lowest BCUT2D eigenvalue weighted by Crippen LogP contribution is -2.47. The maximum absolute atomic E-state index is 11.6. The summed E-state index contributed by atoms with van der Waals surface area (Å²) in [5.41, 5.74) is -0.130. The smallest absolute Gasteiger partial charge is 0.279 e. The van der Waals surface area contributed by atoms with Crippen LogP contribution in [0.1, 0.15) is 49.7 Å². The number of hydrogen-bond donors (Lipinski definition) is 2. The molecule has 3 rings (SSSR count). The zero-order chi connectivity index (χ0) is 15.9. The second kappa shape index (κ2) is 5.28. The molecule has 0 saturated heterocycles. The molecule has 0 bridgehead atoms. The summed E-state index contributed by atoms with van der Waals surface area (Å²) in [5, 5.41) is 31.9. The first-order valence-corrected chi connectivity index (χ1v) is 7.56. The summed E-state index contributed by atoms with van der Waals surface area (Å²) in [4.78, 5) is 11.2. The lowest BCUT2D eigenvalue weighted by atomic mass is 9.66. The minimum atomic E-state index is -1.02. The molecule has 0 unspecified atom stereocenters. The predicted molar refractivity (Wildman–Crippen MR) is 80.3 cm³/mol. The van der Waals surface area contributed by atoms with Gasteiger partial charge in [-0.05, 0) is 38.3 Å². The third kappa shape index (κ3) is 1.98. The average molecular weight is 305 g/mol. The van der Waals surface area contributed by atoms with Crippen molar-refractivity contribution in [3.63, 3.8) is 0 Å². The Morgan fingerprint density at radius 1 is 1.36 bits per heavy atom. The molecule has 0 aromatic heterocycles. The quantitative estimate of drug-likeness (QED) is 0.508. The number of aromatic hydroxyl groups is 2. The Morgan fingerprint density at radius 2 is 2.09 bits per heavy atom. The van der Waals surface area contributed by atoms with Crippen LogP contribution in [0.15, 0.2) is 17.8 Å². The summed E-state index contributed by atoms with van der Waals surface area (Å²) in [6, 6.07) is 2.79. The van der Waals surface area contributed by atoms with E-state index in [0.717, 1.165) is 12.8 Å². The van der Waals surface area contributed by atoms with Crippen molar-refractivity contribution in [2.75, 3.05) is 6.61 Å². The second-order valence-corrected chi connectivity index (χ2v) is 5.84. The normalized spacial score (nSPS) is 26.8. The van der Waals surface area contributed by atoms with E-state index in [9.17, 15) is 20.3 Å². The Labute approximate surface area is 128 Å². The van der Waals surface area contributed by atoms with Gasteiger partial charge in [-0.1, -0.05) is 6.42 Å². The van der Waals surface area contributed by atoms with Crippen molar-refractivity contribution in [3.05, 3.63) is 39.1 Å². The predicted octanol–water partition coefficient (Wildman–Crippen LogP) is 3.16. The summed E-state index contributed by atoms with van der Waals surface area (Å²) >= 11 is 0. The minimum absolute atomic E-state index is 0.0209. The number of ether oxygens (including phenoxy) is 1. The van der Waals surface area contributed by atoms with Crippen molar-refractivity contribution in [2.24, 2.45) is 0 Å². The van der Waals surface area contributed by atoms with Crippen LogP contribution in [0.3, 0.4) is 0 Å². The molecule has 6 heteroatoms. The summed E-state index contributed by atoms with van der Waals surface area (Å²) in [6.45, 7) is 2.17. The fourth-order valence-corrected chi connectivity index (χ4v) is 3.93. The third-order valence-corrected chi connectivity index (χ3v) is 4.76. The maximum Gasteiger partial charge on any atom is 0.279 e. The van der Waals surface area contributed by atoms with Gasteiger partial charge in [0.25, 0.3) is 5.70 Å². The van der Waals surface area contributed by atoms with Crippen molar-refractivity contribution in [1.29, 1.82) is 0 Å². The molecule has 2 N–H and O–H groups in total. The Bertz CT molecular complexity index is 650. The minimum Gasteiger partial charge on any atom is -0.508 e. The van der Waals surface area contributed by atoms with Crippen LogP contribution >= 0.6 is 0 Å². The van der Waals surface area contributed by atoms with Gasteiger partial charge in [0.2, 0.25) is 0 Å². The van der Waals surface area contributed by atoms with Crippen LogP contribution in [0.4, 0.5) is 0 Å². The number of fused-ring (bicyclic) bond motifs is 3. The summed E-state index contributed by atoms with van der Waals surface area (Å²) in [5.74, 6) is -0.307. The Hall–Kier alpha value is -2.08. The number of hydrogen-bond acceptors (Lipinski definition) is 5. The van der Waals surface area contributed by atoms with Crippen molar-refractivity contribution in [3.8, 4) is 11.5 Å². The monoisotopic (exact) mass is 305 g/mol. The topological polar surface area (TPSA) is 92.8 Å². The standard InChI is InChI=1S/C16H19NO5/c1-2-22-16-8-4-3-5-11(16)15-10(9-14(16)17(20)21)12(18)6-7-13(15)19/h6-7,9,11,18-19H,2-5,8H2,1H3/t11-,16+/m1/s1. The Morgan fingerprint density at radius 3 is 2.77 bits per heavy atom. The fourth-order valence-electron chi connectivity index (χ4n) is 3.93. The van der Waals surface area contributed by atoms with E-state index in [-0.39, 0.29) is 23.1 Å². The molecule has 0 amide bonds. The Kier molecular flexibility index (Phi) is 3.56. The highest BCUT2D eigenvalue weighted by molar-refractivity contribution is 5.71. The molecule has 2 aliphatic carbocycles. The molecule has 1 aromatic rings. The van der Waals surface area contributed by atoms with Crippen molar-refractivity contribution >= 4 is 6.08 Å². The molecule has 1 saturated carbocycles. The van der Waals surface area contributed by atoms with Crippen LogP contribution in [0.2, 0.25) is 0 Å². The summed E-state index contributed by atoms with van der Waals surface area (Å²) in [7, 11) is 0. The van der Waals surface area contributed by atoms with E-state index >= 15 is 0 Å². The zero-order valence-electron chi connectivity index (χ0n) is 12.4. The van der Waals surface area contributed by atoms with Gasteiger partial charge in [-0.2, -0.15) is 0 Å². The average Bonchev–Trinajstić information content (AvgIpc) is 2.49. The number of phenolic OH excluding ortho intramolecular Hbond substituents is 2. The largest absolute Gasteiger partial charge is 0.508 e. The van der Waals surface area contributed by atoms with E-state index in [0.29, 0.717) is 30.6 Å².